The molecular weight excluding hydrogens is 324 g/mol. The van der Waals surface area contributed by atoms with Crippen LogP contribution in [0.1, 0.15) is 23.0 Å². The van der Waals surface area contributed by atoms with Gasteiger partial charge in [-0.1, -0.05) is 36.4 Å². The van der Waals surface area contributed by atoms with Gasteiger partial charge in [0.05, 0.1) is 11.5 Å². The van der Waals surface area contributed by atoms with Gasteiger partial charge < -0.3 is 10.1 Å². The maximum atomic E-state index is 12.1. The summed E-state index contributed by atoms with van der Waals surface area (Å²) in [5, 5.41) is 13.2. The molecule has 0 radical (unpaired) electrons. The molecule has 0 aliphatic rings. The van der Waals surface area contributed by atoms with Crippen molar-refractivity contribution >= 4 is 23.1 Å². The first-order chi connectivity index (χ1) is 11.8. The third-order valence-corrected chi connectivity index (χ3v) is 4.07. The van der Waals surface area contributed by atoms with E-state index >= 15 is 0 Å². The van der Waals surface area contributed by atoms with Crippen LogP contribution in [0.2, 0.25) is 0 Å². The Bertz CT molecular complexity index is 807. The number of thiophene rings is 1. The monoisotopic (exact) mass is 340 g/mol. The van der Waals surface area contributed by atoms with Crippen molar-refractivity contribution in [1.29, 1.82) is 0 Å². The van der Waals surface area contributed by atoms with E-state index in [1.165, 1.54) is 11.3 Å². The predicted octanol–water partition coefficient (Wildman–Crippen LogP) is 3.39. The molecule has 2 aromatic heterocycles. The number of esters is 1. The number of rotatable bonds is 6. The van der Waals surface area contributed by atoms with Gasteiger partial charge in [0.15, 0.2) is 11.6 Å². The average Bonchev–Trinajstić information content (AvgIpc) is 3.15. The van der Waals surface area contributed by atoms with E-state index in [2.05, 4.69) is 20.5 Å². The van der Waals surface area contributed by atoms with E-state index in [4.69, 9.17) is 4.74 Å². The van der Waals surface area contributed by atoms with Crippen LogP contribution in [0.3, 0.4) is 0 Å². The van der Waals surface area contributed by atoms with Gasteiger partial charge >= 0.3 is 5.97 Å². The second-order valence-electron chi connectivity index (χ2n) is 4.87. The quantitative estimate of drug-likeness (QED) is 0.693. The highest BCUT2D eigenvalue weighted by Gasteiger charge is 2.19. The first-order valence-electron chi connectivity index (χ1n) is 7.51. The van der Waals surface area contributed by atoms with Crippen LogP contribution in [0.4, 0.5) is 5.82 Å². The van der Waals surface area contributed by atoms with Crippen LogP contribution in [-0.2, 0) is 11.3 Å². The van der Waals surface area contributed by atoms with Gasteiger partial charge in [-0.3, -0.25) is 0 Å². The van der Waals surface area contributed by atoms with Crippen LogP contribution in [-0.4, -0.2) is 27.8 Å². The molecule has 1 aromatic carbocycles. The Kier molecular flexibility index (Phi) is 5.12. The van der Waals surface area contributed by atoms with Crippen LogP contribution in [0, 0.1) is 0 Å². The van der Waals surface area contributed by atoms with E-state index in [1.54, 1.807) is 6.92 Å². The highest BCUT2D eigenvalue weighted by molar-refractivity contribution is 7.13. The summed E-state index contributed by atoms with van der Waals surface area (Å²) < 4.78 is 5.03. The van der Waals surface area contributed by atoms with Crippen LogP contribution in [0.25, 0.3) is 10.7 Å². The molecule has 0 aliphatic carbocycles. The Morgan fingerprint density at radius 3 is 2.71 bits per heavy atom. The summed E-state index contributed by atoms with van der Waals surface area (Å²) in [5.41, 5.74) is 1.16. The molecule has 0 bridgehead atoms. The van der Waals surface area contributed by atoms with Crippen molar-refractivity contribution in [3.05, 3.63) is 59.1 Å². The van der Waals surface area contributed by atoms with Crippen molar-refractivity contribution in [2.45, 2.75) is 13.5 Å². The number of hydrogen-bond donors (Lipinski definition) is 1. The lowest BCUT2D eigenvalue weighted by Gasteiger charge is -2.10. The molecule has 3 rings (SSSR count). The third kappa shape index (κ3) is 3.75. The maximum Gasteiger partial charge on any atom is 0.362 e. The number of aromatic nitrogens is 3. The fraction of sp³-hybridized carbons (Fsp3) is 0.176. The van der Waals surface area contributed by atoms with Gasteiger partial charge in [0.1, 0.15) is 0 Å². The van der Waals surface area contributed by atoms with E-state index in [-0.39, 0.29) is 12.3 Å². The number of benzene rings is 1. The molecule has 24 heavy (non-hydrogen) atoms. The molecule has 122 valence electrons. The largest absolute Gasteiger partial charge is 0.461 e. The molecule has 0 unspecified atom stereocenters. The Morgan fingerprint density at radius 2 is 2.00 bits per heavy atom. The molecule has 0 spiro atoms. The highest BCUT2D eigenvalue weighted by Crippen LogP contribution is 2.23. The van der Waals surface area contributed by atoms with E-state index in [0.29, 0.717) is 18.2 Å². The predicted molar refractivity (Wildman–Crippen MR) is 92.9 cm³/mol. The smallest absolute Gasteiger partial charge is 0.362 e. The Hall–Kier alpha value is -2.80. The van der Waals surface area contributed by atoms with Crippen LogP contribution in [0.5, 0.6) is 0 Å². The van der Waals surface area contributed by atoms with Crippen molar-refractivity contribution in [1.82, 2.24) is 15.2 Å². The zero-order valence-electron chi connectivity index (χ0n) is 13.1. The number of hydrogen-bond acceptors (Lipinski definition) is 7. The first kappa shape index (κ1) is 16.1. The van der Waals surface area contributed by atoms with E-state index in [1.807, 2.05) is 47.8 Å². The summed E-state index contributed by atoms with van der Waals surface area (Å²) >= 11 is 1.51. The molecule has 0 saturated carbocycles. The molecule has 0 aliphatic heterocycles. The lowest BCUT2D eigenvalue weighted by atomic mass is 10.2. The van der Waals surface area contributed by atoms with Crippen LogP contribution in [0.15, 0.2) is 47.8 Å². The normalized spacial score (nSPS) is 10.4. The molecule has 0 atom stereocenters. The number of carbonyl (C=O) groups excluding carboxylic acids is 1. The van der Waals surface area contributed by atoms with Crippen LogP contribution < -0.4 is 5.32 Å². The fourth-order valence-corrected chi connectivity index (χ4v) is 2.73. The fourth-order valence-electron chi connectivity index (χ4n) is 2.08. The molecule has 7 heteroatoms. The molecule has 1 N–H and O–H groups in total. The Morgan fingerprint density at radius 1 is 1.17 bits per heavy atom. The number of ether oxygens (including phenoxy) is 1. The molecule has 2 heterocycles. The minimum absolute atomic E-state index is 0.0908. The second kappa shape index (κ2) is 7.65. The number of carbonyl (C=O) groups is 1. The van der Waals surface area contributed by atoms with Gasteiger partial charge in [-0.25, -0.2) is 9.78 Å². The summed E-state index contributed by atoms with van der Waals surface area (Å²) in [6.45, 7) is 2.54. The standard InChI is InChI=1S/C17H16N4O2S/c1-2-23-17(22)14-16(18-11-12-7-4-3-5-8-12)19-15(21-20-14)13-9-6-10-24-13/h3-10H,2,11H2,1H3,(H,18,19,21). The van der Waals surface area contributed by atoms with Crippen molar-refractivity contribution in [2.75, 3.05) is 11.9 Å². The highest BCUT2D eigenvalue weighted by atomic mass is 32.1. The zero-order chi connectivity index (χ0) is 16.8. The molecule has 3 aromatic rings. The molecule has 0 saturated heterocycles. The van der Waals surface area contributed by atoms with E-state index in [0.717, 1.165) is 10.4 Å². The number of nitrogens with one attached hydrogen (secondary N) is 1. The average molecular weight is 340 g/mol. The molecule has 6 nitrogen and oxygen atoms in total. The van der Waals surface area contributed by atoms with Gasteiger partial charge in [0.25, 0.3) is 0 Å². The Balaban J connectivity index is 1.89. The first-order valence-corrected chi connectivity index (χ1v) is 8.39. The number of anilines is 1. The third-order valence-electron chi connectivity index (χ3n) is 3.20. The minimum Gasteiger partial charge on any atom is -0.461 e. The summed E-state index contributed by atoms with van der Waals surface area (Å²) in [4.78, 5) is 17.4. The lowest BCUT2D eigenvalue weighted by molar-refractivity contribution is 0.0519. The minimum atomic E-state index is -0.536. The lowest BCUT2D eigenvalue weighted by Crippen LogP contribution is -2.15. The number of nitrogens with zero attached hydrogens (tertiary/aromatic N) is 3. The van der Waals surface area contributed by atoms with Gasteiger partial charge in [0.2, 0.25) is 5.69 Å². The molecular formula is C17H16N4O2S. The summed E-state index contributed by atoms with van der Waals surface area (Å²) in [5.74, 6) is 0.315. The topological polar surface area (TPSA) is 77.0 Å². The van der Waals surface area contributed by atoms with Gasteiger partial charge in [-0.15, -0.1) is 21.5 Å². The Labute approximate surface area is 143 Å². The molecule has 0 fully saturated rings. The van der Waals surface area contributed by atoms with Crippen molar-refractivity contribution in [2.24, 2.45) is 0 Å². The van der Waals surface area contributed by atoms with Crippen LogP contribution >= 0.6 is 11.3 Å². The second-order valence-corrected chi connectivity index (χ2v) is 5.82. The van der Waals surface area contributed by atoms with Crippen molar-refractivity contribution in [3.63, 3.8) is 0 Å². The SMILES string of the molecule is CCOC(=O)c1nnc(-c2cccs2)nc1NCc1ccccc1. The van der Waals surface area contributed by atoms with Gasteiger partial charge in [0, 0.05) is 6.54 Å². The van der Waals surface area contributed by atoms with Gasteiger partial charge in [-0.2, -0.15) is 0 Å². The van der Waals surface area contributed by atoms with E-state index in [9.17, 15) is 4.79 Å². The van der Waals surface area contributed by atoms with Crippen molar-refractivity contribution in [3.8, 4) is 10.7 Å². The maximum absolute atomic E-state index is 12.1. The summed E-state index contributed by atoms with van der Waals surface area (Å²) in [6.07, 6.45) is 0. The summed E-state index contributed by atoms with van der Waals surface area (Å²) in [6, 6.07) is 13.7. The zero-order valence-corrected chi connectivity index (χ0v) is 13.9. The van der Waals surface area contributed by atoms with Crippen molar-refractivity contribution < 1.29 is 9.53 Å². The molecule has 0 amide bonds. The van der Waals surface area contributed by atoms with E-state index < -0.39 is 5.97 Å². The summed E-state index contributed by atoms with van der Waals surface area (Å²) in [7, 11) is 0. The van der Waals surface area contributed by atoms with Gasteiger partial charge in [-0.05, 0) is 23.9 Å².